The molecule has 2 saturated heterocycles. The molecular weight excluding hydrogens is 304 g/mol. The third kappa shape index (κ3) is 3.19. The summed E-state index contributed by atoms with van der Waals surface area (Å²) in [5.41, 5.74) is 5.41. The molecule has 1 atom stereocenters. The van der Waals surface area contributed by atoms with Crippen molar-refractivity contribution in [3.63, 3.8) is 0 Å². The second-order valence-corrected chi connectivity index (χ2v) is 6.39. The van der Waals surface area contributed by atoms with Crippen molar-refractivity contribution >= 4 is 23.3 Å². The summed E-state index contributed by atoms with van der Waals surface area (Å²) in [7, 11) is 0. The van der Waals surface area contributed by atoms with Crippen LogP contribution in [0.4, 0.5) is 5.82 Å². The fourth-order valence-corrected chi connectivity index (χ4v) is 3.21. The monoisotopic (exact) mass is 324 g/mol. The molecule has 22 heavy (non-hydrogen) atoms. The minimum atomic E-state index is -0.797. The van der Waals surface area contributed by atoms with Gasteiger partial charge in [0.15, 0.2) is 0 Å². The highest BCUT2D eigenvalue weighted by molar-refractivity contribution is 6.32. The van der Waals surface area contributed by atoms with Crippen LogP contribution in [-0.2, 0) is 9.53 Å². The van der Waals surface area contributed by atoms with Crippen LogP contribution in [0.15, 0.2) is 18.3 Å². The highest BCUT2D eigenvalue weighted by Crippen LogP contribution is 2.26. The summed E-state index contributed by atoms with van der Waals surface area (Å²) in [6.45, 7) is 2.62. The molecule has 0 bridgehead atoms. The van der Waals surface area contributed by atoms with Crippen LogP contribution in [0.3, 0.4) is 0 Å². The summed E-state index contributed by atoms with van der Waals surface area (Å²) < 4.78 is 5.28. The molecule has 3 rings (SSSR count). The number of hydrogen-bond acceptors (Lipinski definition) is 5. The SMILES string of the molecule is NC1(C(=O)NC2CCN(c3ncccc3Cl)C2)CCOCC1. The molecule has 0 spiro atoms. The number of ether oxygens (including phenoxy) is 1. The fraction of sp³-hybridized carbons (Fsp3) is 0.600. The molecule has 0 radical (unpaired) electrons. The Balaban J connectivity index is 1.59. The zero-order valence-corrected chi connectivity index (χ0v) is 13.2. The molecule has 0 aliphatic carbocycles. The number of nitrogens with zero attached hydrogens (tertiary/aromatic N) is 2. The van der Waals surface area contributed by atoms with Crippen LogP contribution in [0.2, 0.25) is 5.02 Å². The number of pyridine rings is 1. The van der Waals surface area contributed by atoms with Crippen LogP contribution >= 0.6 is 11.6 Å². The van der Waals surface area contributed by atoms with Gasteiger partial charge in [-0.2, -0.15) is 0 Å². The van der Waals surface area contributed by atoms with Crippen LogP contribution in [0.1, 0.15) is 19.3 Å². The van der Waals surface area contributed by atoms with Gasteiger partial charge < -0.3 is 20.7 Å². The number of hydrogen-bond donors (Lipinski definition) is 2. The number of carbonyl (C=O) groups excluding carboxylic acids is 1. The quantitative estimate of drug-likeness (QED) is 0.865. The fourth-order valence-electron chi connectivity index (χ4n) is 2.97. The molecule has 1 aromatic rings. The van der Waals surface area contributed by atoms with E-state index in [1.165, 1.54) is 0 Å². The van der Waals surface area contributed by atoms with E-state index in [1.54, 1.807) is 6.20 Å². The molecule has 3 N–H and O–H groups in total. The average molecular weight is 325 g/mol. The molecule has 1 unspecified atom stereocenters. The van der Waals surface area contributed by atoms with E-state index in [9.17, 15) is 4.79 Å². The van der Waals surface area contributed by atoms with Crippen molar-refractivity contribution in [2.75, 3.05) is 31.2 Å². The lowest BCUT2D eigenvalue weighted by atomic mass is 9.90. The molecule has 2 fully saturated rings. The van der Waals surface area contributed by atoms with Crippen molar-refractivity contribution in [1.82, 2.24) is 10.3 Å². The Bertz CT molecular complexity index is 548. The van der Waals surface area contributed by atoms with Crippen LogP contribution < -0.4 is 16.0 Å². The molecule has 0 saturated carbocycles. The Morgan fingerprint density at radius 3 is 3.00 bits per heavy atom. The maximum atomic E-state index is 12.4. The standard InChI is InChI=1S/C15H21ClN4O2/c16-12-2-1-6-18-13(12)20-7-3-11(10-20)19-14(21)15(17)4-8-22-9-5-15/h1-2,6,11H,3-5,7-10,17H2,(H,19,21). The van der Waals surface area contributed by atoms with Crippen molar-refractivity contribution in [2.45, 2.75) is 30.8 Å². The van der Waals surface area contributed by atoms with Crippen LogP contribution in [0, 0.1) is 0 Å². The van der Waals surface area contributed by atoms with Crippen LogP contribution in [0.25, 0.3) is 0 Å². The van der Waals surface area contributed by atoms with Gasteiger partial charge in [0.25, 0.3) is 0 Å². The molecule has 6 nitrogen and oxygen atoms in total. The maximum Gasteiger partial charge on any atom is 0.240 e. The van der Waals surface area contributed by atoms with Gasteiger partial charge >= 0.3 is 0 Å². The van der Waals surface area contributed by atoms with Gasteiger partial charge in [-0.05, 0) is 31.4 Å². The molecule has 3 heterocycles. The van der Waals surface area contributed by atoms with Gasteiger partial charge in [-0.25, -0.2) is 4.98 Å². The number of anilines is 1. The van der Waals surface area contributed by atoms with Gasteiger partial charge in [0.2, 0.25) is 5.91 Å². The normalized spacial score (nSPS) is 24.3. The highest BCUT2D eigenvalue weighted by Gasteiger charge is 2.38. The van der Waals surface area contributed by atoms with Gasteiger partial charge in [-0.15, -0.1) is 0 Å². The second kappa shape index (κ2) is 6.40. The van der Waals surface area contributed by atoms with Crippen LogP contribution in [0.5, 0.6) is 0 Å². The summed E-state index contributed by atoms with van der Waals surface area (Å²) in [5.74, 6) is 0.698. The first-order valence-electron chi connectivity index (χ1n) is 7.61. The number of aromatic nitrogens is 1. The molecule has 1 aromatic heterocycles. The first kappa shape index (κ1) is 15.5. The van der Waals surface area contributed by atoms with E-state index in [0.717, 1.165) is 18.8 Å². The summed E-state index contributed by atoms with van der Waals surface area (Å²) >= 11 is 6.18. The summed E-state index contributed by atoms with van der Waals surface area (Å²) in [4.78, 5) is 18.8. The van der Waals surface area contributed by atoms with Crippen LogP contribution in [-0.4, -0.2) is 48.8 Å². The molecule has 2 aliphatic rings. The van der Waals surface area contributed by atoms with Crippen molar-refractivity contribution in [1.29, 1.82) is 0 Å². The molecule has 2 aliphatic heterocycles. The van der Waals surface area contributed by atoms with Gasteiger partial charge in [-0.1, -0.05) is 11.6 Å². The number of nitrogens with two attached hydrogens (primary N) is 1. The predicted octanol–water partition coefficient (Wildman–Crippen LogP) is 0.938. The Labute approximate surface area is 135 Å². The summed E-state index contributed by atoms with van der Waals surface area (Å²) in [6, 6.07) is 3.71. The lowest BCUT2D eigenvalue weighted by Crippen LogP contribution is -2.59. The van der Waals surface area contributed by atoms with E-state index in [2.05, 4.69) is 15.2 Å². The Hall–Kier alpha value is -1.37. The van der Waals surface area contributed by atoms with E-state index in [-0.39, 0.29) is 11.9 Å². The zero-order chi connectivity index (χ0) is 15.6. The van der Waals surface area contributed by atoms with Gasteiger partial charge in [0.1, 0.15) is 5.82 Å². The number of nitrogens with one attached hydrogen (secondary N) is 1. The first-order valence-corrected chi connectivity index (χ1v) is 7.99. The van der Waals surface area contributed by atoms with Crippen molar-refractivity contribution in [2.24, 2.45) is 5.73 Å². The number of rotatable bonds is 3. The van der Waals surface area contributed by atoms with Crippen molar-refractivity contribution in [3.05, 3.63) is 23.4 Å². The predicted molar refractivity (Wildman–Crippen MR) is 85.0 cm³/mol. The molecule has 1 amide bonds. The number of amides is 1. The van der Waals surface area contributed by atoms with E-state index in [4.69, 9.17) is 22.1 Å². The molecule has 7 heteroatoms. The Morgan fingerprint density at radius 1 is 1.50 bits per heavy atom. The Morgan fingerprint density at radius 2 is 2.27 bits per heavy atom. The van der Waals surface area contributed by atoms with Crippen molar-refractivity contribution < 1.29 is 9.53 Å². The second-order valence-electron chi connectivity index (χ2n) is 5.98. The van der Waals surface area contributed by atoms with E-state index in [1.807, 2.05) is 12.1 Å². The van der Waals surface area contributed by atoms with Gasteiger partial charge in [0, 0.05) is 38.5 Å². The topological polar surface area (TPSA) is 80.5 Å². The van der Waals surface area contributed by atoms with E-state index in [0.29, 0.717) is 37.6 Å². The largest absolute Gasteiger partial charge is 0.381 e. The van der Waals surface area contributed by atoms with Gasteiger partial charge in [0.05, 0.1) is 10.6 Å². The smallest absolute Gasteiger partial charge is 0.240 e. The average Bonchev–Trinajstić information content (AvgIpc) is 2.97. The van der Waals surface area contributed by atoms with E-state index < -0.39 is 5.54 Å². The van der Waals surface area contributed by atoms with Gasteiger partial charge in [-0.3, -0.25) is 4.79 Å². The minimum absolute atomic E-state index is 0.0743. The Kier molecular flexibility index (Phi) is 4.52. The number of carbonyl (C=O) groups is 1. The third-order valence-electron chi connectivity index (χ3n) is 4.40. The summed E-state index contributed by atoms with van der Waals surface area (Å²) in [6.07, 6.45) is 3.73. The third-order valence-corrected chi connectivity index (χ3v) is 4.69. The van der Waals surface area contributed by atoms with Crippen molar-refractivity contribution in [3.8, 4) is 0 Å². The maximum absolute atomic E-state index is 12.4. The zero-order valence-electron chi connectivity index (χ0n) is 12.4. The minimum Gasteiger partial charge on any atom is -0.381 e. The first-order chi connectivity index (χ1) is 10.6. The molecule has 120 valence electrons. The highest BCUT2D eigenvalue weighted by atomic mass is 35.5. The lowest BCUT2D eigenvalue weighted by Gasteiger charge is -2.32. The van der Waals surface area contributed by atoms with E-state index >= 15 is 0 Å². The summed E-state index contributed by atoms with van der Waals surface area (Å²) in [5, 5.41) is 3.71. The number of halogens is 1. The molecule has 0 aromatic carbocycles. The lowest BCUT2D eigenvalue weighted by molar-refractivity contribution is -0.130. The molecular formula is C15H21ClN4O2.